The third-order valence-electron chi connectivity index (χ3n) is 4.67. The van der Waals surface area contributed by atoms with Gasteiger partial charge in [0, 0.05) is 28.6 Å². The summed E-state index contributed by atoms with van der Waals surface area (Å²) in [6.07, 6.45) is 1.75. The number of fused-ring (bicyclic) bond motifs is 4. The molecule has 134 valence electrons. The molecule has 0 saturated heterocycles. The van der Waals surface area contributed by atoms with Crippen LogP contribution < -0.4 is 4.74 Å². The Morgan fingerprint density at radius 2 is 1.74 bits per heavy atom. The molecule has 0 unspecified atom stereocenters. The van der Waals surface area contributed by atoms with Gasteiger partial charge in [0.25, 0.3) is 0 Å². The number of halogens is 2. The smallest absolute Gasteiger partial charge is 0.213 e. The zero-order chi connectivity index (χ0) is 17.7. The molecule has 1 N–H and O–H groups in total. The summed E-state index contributed by atoms with van der Waals surface area (Å²) < 4.78 is 19.4. The van der Waals surface area contributed by atoms with Crippen LogP contribution >= 0.6 is 12.4 Å². The zero-order valence-corrected chi connectivity index (χ0v) is 15.2. The second-order valence-corrected chi connectivity index (χ2v) is 6.10. The number of rotatable bonds is 2. The Kier molecular flexibility index (Phi) is 4.16. The molecule has 5 aromatic rings. The highest BCUT2D eigenvalue weighted by molar-refractivity contribution is 6.11. The molecule has 0 aliphatic heterocycles. The lowest BCUT2D eigenvalue weighted by Gasteiger charge is -2.08. The lowest BCUT2D eigenvalue weighted by Crippen LogP contribution is -1.88. The van der Waals surface area contributed by atoms with E-state index in [1.54, 1.807) is 25.4 Å². The van der Waals surface area contributed by atoms with Crippen molar-refractivity contribution in [1.29, 1.82) is 0 Å². The van der Waals surface area contributed by atoms with Gasteiger partial charge in [-0.1, -0.05) is 30.3 Å². The van der Waals surface area contributed by atoms with Crippen LogP contribution in [-0.4, -0.2) is 22.1 Å². The first-order valence-corrected chi connectivity index (χ1v) is 8.25. The normalized spacial score (nSPS) is 11.0. The fourth-order valence-corrected chi connectivity index (χ4v) is 3.46. The van der Waals surface area contributed by atoms with E-state index in [1.807, 2.05) is 36.4 Å². The van der Waals surface area contributed by atoms with Crippen LogP contribution in [0.25, 0.3) is 44.0 Å². The monoisotopic (exact) mass is 379 g/mol. The third kappa shape index (κ3) is 2.59. The minimum absolute atomic E-state index is 0. The van der Waals surface area contributed by atoms with E-state index in [-0.39, 0.29) is 18.2 Å². The van der Waals surface area contributed by atoms with Crippen LogP contribution in [0.3, 0.4) is 0 Å². The van der Waals surface area contributed by atoms with Crippen molar-refractivity contribution < 1.29 is 9.13 Å². The highest BCUT2D eigenvalue weighted by Crippen LogP contribution is 2.35. The summed E-state index contributed by atoms with van der Waals surface area (Å²) in [5.41, 5.74) is 4.26. The van der Waals surface area contributed by atoms with Crippen molar-refractivity contribution in [2.75, 3.05) is 7.11 Å². The number of aromatic nitrogens is 3. The van der Waals surface area contributed by atoms with Crippen LogP contribution in [0.5, 0.6) is 5.88 Å². The average Bonchev–Trinajstić information content (AvgIpc) is 3.06. The van der Waals surface area contributed by atoms with E-state index in [0.29, 0.717) is 11.3 Å². The van der Waals surface area contributed by atoms with Crippen LogP contribution in [0.4, 0.5) is 4.39 Å². The number of methoxy groups -OCH3 is 1. The molecule has 3 aromatic heterocycles. The van der Waals surface area contributed by atoms with Crippen molar-refractivity contribution in [2.24, 2.45) is 0 Å². The molecule has 27 heavy (non-hydrogen) atoms. The Balaban J connectivity index is 0.00000180. The van der Waals surface area contributed by atoms with Crippen LogP contribution in [-0.2, 0) is 0 Å². The summed E-state index contributed by atoms with van der Waals surface area (Å²) in [5, 5.41) is 2.37. The second kappa shape index (κ2) is 6.52. The van der Waals surface area contributed by atoms with Crippen molar-refractivity contribution in [3.8, 4) is 17.1 Å². The van der Waals surface area contributed by atoms with Gasteiger partial charge in [-0.3, -0.25) is 4.98 Å². The van der Waals surface area contributed by atoms with Gasteiger partial charge in [0.1, 0.15) is 5.82 Å². The van der Waals surface area contributed by atoms with E-state index >= 15 is 0 Å². The molecular weight excluding hydrogens is 365 g/mol. The van der Waals surface area contributed by atoms with Crippen LogP contribution in [0.1, 0.15) is 0 Å². The largest absolute Gasteiger partial charge is 0.481 e. The van der Waals surface area contributed by atoms with Crippen LogP contribution in [0.15, 0.2) is 60.8 Å². The van der Waals surface area contributed by atoms with E-state index in [9.17, 15) is 4.39 Å². The van der Waals surface area contributed by atoms with Crippen molar-refractivity contribution in [1.82, 2.24) is 15.0 Å². The standard InChI is InChI=1S/C21H14FN3O.ClH/c1-26-18-9-8-17-19(25-18)15-10-11-23-20(21(15)24-17)14-6-2-5-13-12(14)4-3-7-16(13)22;/h2-11,24H,1H3;1H. The number of hydrogen-bond acceptors (Lipinski definition) is 3. The summed E-state index contributed by atoms with van der Waals surface area (Å²) in [6.45, 7) is 0. The van der Waals surface area contributed by atoms with Gasteiger partial charge in [-0.15, -0.1) is 12.4 Å². The molecule has 4 nitrogen and oxygen atoms in total. The first-order chi connectivity index (χ1) is 12.8. The molecule has 0 spiro atoms. The van der Waals surface area contributed by atoms with Gasteiger partial charge < -0.3 is 9.72 Å². The maximum Gasteiger partial charge on any atom is 0.213 e. The first kappa shape index (κ1) is 17.2. The van der Waals surface area contributed by atoms with Crippen LogP contribution in [0.2, 0.25) is 0 Å². The maximum absolute atomic E-state index is 14.2. The van der Waals surface area contributed by atoms with Gasteiger partial charge in [0.2, 0.25) is 5.88 Å². The summed E-state index contributed by atoms with van der Waals surface area (Å²) in [7, 11) is 1.60. The molecule has 0 fully saturated rings. The number of nitrogens with one attached hydrogen (secondary N) is 1. The molecule has 5 rings (SSSR count). The predicted molar refractivity (Wildman–Crippen MR) is 108 cm³/mol. The fourth-order valence-electron chi connectivity index (χ4n) is 3.46. The molecule has 2 aromatic carbocycles. The summed E-state index contributed by atoms with van der Waals surface area (Å²) in [6, 6.07) is 16.4. The minimum Gasteiger partial charge on any atom is -0.481 e. The zero-order valence-electron chi connectivity index (χ0n) is 14.4. The van der Waals surface area contributed by atoms with Gasteiger partial charge in [-0.25, -0.2) is 9.37 Å². The topological polar surface area (TPSA) is 50.8 Å². The first-order valence-electron chi connectivity index (χ1n) is 8.25. The number of aromatic amines is 1. The number of benzene rings is 2. The summed E-state index contributed by atoms with van der Waals surface area (Å²) in [4.78, 5) is 12.5. The van der Waals surface area contributed by atoms with Gasteiger partial charge in [-0.2, -0.15) is 0 Å². The number of ether oxygens (including phenoxy) is 1. The van der Waals surface area contributed by atoms with Gasteiger partial charge >= 0.3 is 0 Å². The minimum atomic E-state index is -0.237. The van der Waals surface area contributed by atoms with E-state index in [4.69, 9.17) is 4.74 Å². The molecule has 0 bridgehead atoms. The third-order valence-corrected chi connectivity index (χ3v) is 4.67. The lowest BCUT2D eigenvalue weighted by atomic mass is 10.0. The van der Waals surface area contributed by atoms with Crippen molar-refractivity contribution in [3.63, 3.8) is 0 Å². The number of H-pyrrole nitrogens is 1. The Bertz CT molecular complexity index is 1300. The molecule has 6 heteroatoms. The number of nitrogens with zero attached hydrogens (tertiary/aromatic N) is 2. The Hall–Kier alpha value is -3.18. The molecule has 0 aliphatic carbocycles. The van der Waals surface area contributed by atoms with E-state index in [2.05, 4.69) is 15.0 Å². The maximum atomic E-state index is 14.2. The van der Waals surface area contributed by atoms with Crippen molar-refractivity contribution in [3.05, 3.63) is 66.6 Å². The van der Waals surface area contributed by atoms with Gasteiger partial charge in [0.15, 0.2) is 0 Å². The molecule has 0 aliphatic rings. The molecular formula is C21H15ClFN3O. The predicted octanol–water partition coefficient (Wildman–Crippen LogP) is 5.50. The quantitative estimate of drug-likeness (QED) is 0.440. The lowest BCUT2D eigenvalue weighted by molar-refractivity contribution is 0.399. The van der Waals surface area contributed by atoms with E-state index in [0.717, 1.165) is 38.6 Å². The molecule has 0 radical (unpaired) electrons. The Morgan fingerprint density at radius 3 is 2.59 bits per heavy atom. The SMILES string of the molecule is COc1ccc2[nH]c3c(-c4cccc5c(F)cccc45)nccc3c2n1.Cl. The average molecular weight is 380 g/mol. The number of pyridine rings is 2. The molecule has 0 atom stereocenters. The Labute approximate surface area is 160 Å². The molecule has 3 heterocycles. The highest BCUT2D eigenvalue weighted by atomic mass is 35.5. The van der Waals surface area contributed by atoms with Gasteiger partial charge in [-0.05, 0) is 23.6 Å². The van der Waals surface area contributed by atoms with E-state index < -0.39 is 0 Å². The van der Waals surface area contributed by atoms with E-state index in [1.165, 1.54) is 6.07 Å². The summed E-state index contributed by atoms with van der Waals surface area (Å²) in [5.74, 6) is 0.323. The Morgan fingerprint density at radius 1 is 0.926 bits per heavy atom. The summed E-state index contributed by atoms with van der Waals surface area (Å²) >= 11 is 0. The van der Waals surface area contributed by atoms with Crippen molar-refractivity contribution >= 4 is 45.1 Å². The molecule has 0 saturated carbocycles. The van der Waals surface area contributed by atoms with Crippen LogP contribution in [0, 0.1) is 5.82 Å². The second-order valence-electron chi connectivity index (χ2n) is 6.10. The fraction of sp³-hybridized carbons (Fsp3) is 0.0476. The van der Waals surface area contributed by atoms with Gasteiger partial charge in [0.05, 0.1) is 29.4 Å². The number of hydrogen-bond donors (Lipinski definition) is 1. The highest BCUT2D eigenvalue weighted by Gasteiger charge is 2.15. The van der Waals surface area contributed by atoms with Crippen molar-refractivity contribution in [2.45, 2.75) is 0 Å². The molecule has 0 amide bonds.